The molecular formula is C58H70ClN11O10S2. The number of aliphatic carboxylic acids is 1. The van der Waals surface area contributed by atoms with E-state index in [0.29, 0.717) is 34.6 Å². The van der Waals surface area contributed by atoms with Gasteiger partial charge in [-0.15, -0.1) is 0 Å². The first-order chi connectivity index (χ1) is 39.3. The molecule has 7 amide bonds. The van der Waals surface area contributed by atoms with Crippen LogP contribution in [-0.4, -0.2) is 152 Å². The zero-order chi connectivity index (χ0) is 59.5. The van der Waals surface area contributed by atoms with Crippen LogP contribution in [0.25, 0.3) is 21.7 Å². The maximum absolute atomic E-state index is 14.8. The van der Waals surface area contributed by atoms with Gasteiger partial charge < -0.3 is 63.5 Å². The van der Waals surface area contributed by atoms with Crippen LogP contribution >= 0.6 is 36.9 Å². The number of benzene rings is 4. The number of nitrogens with one attached hydrogen (secondary N) is 7. The van der Waals surface area contributed by atoms with Gasteiger partial charge in [0.05, 0.1) is 12.1 Å². The van der Waals surface area contributed by atoms with Gasteiger partial charge in [-0.05, 0) is 96.4 Å². The molecule has 0 aliphatic carbocycles. The maximum atomic E-state index is 14.8. The standard InChI is InChI=1S/C58H70ClN11O10S2/c1-33(71)50(56(77)68-48(32-82)57(78)70(2)49(58(79)80)27-35-16-19-37-11-3-4-12-38(37)24-35)69-52(73)44(15-7-8-22-60)64-54(75)46(28-39-30-63-43-14-6-5-13-41(39)43)66-53(74)45(26-36-10-9-23-62-29-36)65-55(76)47(31-81)67-51(72)42(61)25-34-17-20-40(59)21-18-34/h3-6,9-14,16-21,23-24,29-30,33,42,44-50,63,71,81-82H,7-8,15,22,25-28,31-32,60-61H2,1-2H3,(H,64,75)(H,65,76)(H,66,74)(H,67,72)(H,68,77)(H,69,73)(H,79,80)/t33-,42+,44+,45+,46-,47-,48+,49+,50+/m1/s1. The van der Waals surface area contributed by atoms with Gasteiger partial charge in [0.1, 0.15) is 42.3 Å². The van der Waals surface area contributed by atoms with Crippen LogP contribution in [0.15, 0.2) is 122 Å². The molecule has 9 atom stereocenters. The highest BCUT2D eigenvalue weighted by Crippen LogP contribution is 2.21. The second-order valence-corrected chi connectivity index (χ2v) is 21.1. The van der Waals surface area contributed by atoms with Gasteiger partial charge in [-0.3, -0.25) is 38.5 Å². The van der Waals surface area contributed by atoms with Crippen LogP contribution in [0, 0.1) is 0 Å². The molecule has 24 heteroatoms. The number of carboxylic acid groups (broad SMARTS) is 1. The van der Waals surface area contributed by atoms with Crippen molar-refractivity contribution in [3.05, 3.63) is 149 Å². The monoisotopic (exact) mass is 1180 g/mol. The van der Waals surface area contributed by atoms with Crippen molar-refractivity contribution in [3.63, 3.8) is 0 Å². The Balaban J connectivity index is 1.20. The average molecular weight is 1180 g/mol. The molecule has 4 aromatic carbocycles. The Bertz CT molecular complexity index is 3170. The molecular weight excluding hydrogens is 1110 g/mol. The van der Waals surface area contributed by atoms with Crippen molar-refractivity contribution in [2.75, 3.05) is 25.1 Å². The number of hydrogen-bond donors (Lipinski definition) is 13. The number of unbranched alkanes of at least 4 members (excludes halogenated alkanes) is 1. The summed E-state index contributed by atoms with van der Waals surface area (Å²) in [6.45, 7) is 1.47. The van der Waals surface area contributed by atoms with Crippen LogP contribution in [0.4, 0.5) is 0 Å². The molecule has 0 aliphatic heterocycles. The molecule has 0 unspecified atom stereocenters. The molecule has 0 saturated heterocycles. The number of amides is 7. The summed E-state index contributed by atoms with van der Waals surface area (Å²) in [5.74, 6) is -7.59. The number of fused-ring (bicyclic) bond motifs is 2. The molecule has 0 saturated carbocycles. The van der Waals surface area contributed by atoms with Gasteiger partial charge in [-0.2, -0.15) is 25.3 Å². The minimum atomic E-state index is -1.71. The molecule has 0 spiro atoms. The normalized spacial score (nSPS) is 14.6. The van der Waals surface area contributed by atoms with Crippen molar-refractivity contribution in [3.8, 4) is 0 Å². The number of likely N-dealkylation sites (N-methyl/N-ethyl adjacent to an activating group) is 1. The van der Waals surface area contributed by atoms with Gasteiger partial charge in [0.25, 0.3) is 0 Å². The quantitative estimate of drug-likeness (QED) is 0.0228. The zero-order valence-corrected chi connectivity index (χ0v) is 47.8. The van der Waals surface area contributed by atoms with E-state index >= 15 is 0 Å². The Labute approximate surface area is 490 Å². The van der Waals surface area contributed by atoms with E-state index in [1.807, 2.05) is 54.6 Å². The lowest BCUT2D eigenvalue weighted by Crippen LogP contribution is -2.62. The van der Waals surface area contributed by atoms with E-state index in [1.165, 1.54) is 26.4 Å². The second-order valence-electron chi connectivity index (χ2n) is 19.9. The molecule has 0 bridgehead atoms. The Morgan fingerprint density at radius 1 is 0.646 bits per heavy atom. The third-order valence-corrected chi connectivity index (χ3v) is 14.8. The number of aromatic nitrogens is 2. The van der Waals surface area contributed by atoms with Crippen LogP contribution in [-0.2, 0) is 64.0 Å². The fraction of sp³-hybridized carbons (Fsp3) is 0.362. The first-order valence-electron chi connectivity index (χ1n) is 26.6. The molecule has 2 aromatic heterocycles. The highest BCUT2D eigenvalue weighted by Gasteiger charge is 2.37. The number of halogens is 1. The number of hydrogen-bond acceptors (Lipinski definition) is 14. The predicted molar refractivity (Wildman–Crippen MR) is 319 cm³/mol. The number of carbonyl (C=O) groups is 8. The summed E-state index contributed by atoms with van der Waals surface area (Å²) in [4.78, 5) is 120. The first-order valence-corrected chi connectivity index (χ1v) is 28.3. The van der Waals surface area contributed by atoms with E-state index < -0.39 is 102 Å². The molecule has 13 N–H and O–H groups in total. The summed E-state index contributed by atoms with van der Waals surface area (Å²) in [5, 5.41) is 40.2. The van der Waals surface area contributed by atoms with E-state index in [0.717, 1.165) is 32.1 Å². The van der Waals surface area contributed by atoms with Crippen LogP contribution < -0.4 is 43.4 Å². The van der Waals surface area contributed by atoms with Crippen molar-refractivity contribution in [2.45, 2.75) is 106 Å². The molecule has 82 heavy (non-hydrogen) atoms. The lowest BCUT2D eigenvalue weighted by Gasteiger charge is -2.30. The number of aromatic amines is 1. The molecule has 6 aromatic rings. The minimum Gasteiger partial charge on any atom is -0.480 e. The predicted octanol–water partition coefficient (Wildman–Crippen LogP) is 2.16. The number of H-pyrrole nitrogens is 1. The highest BCUT2D eigenvalue weighted by atomic mass is 35.5. The fourth-order valence-electron chi connectivity index (χ4n) is 9.20. The number of nitrogens with two attached hydrogens (primary N) is 2. The molecule has 21 nitrogen and oxygen atoms in total. The largest absolute Gasteiger partial charge is 0.480 e. The molecule has 0 fully saturated rings. The van der Waals surface area contributed by atoms with Crippen LogP contribution in [0.2, 0.25) is 5.02 Å². The van der Waals surface area contributed by atoms with Gasteiger partial charge >= 0.3 is 5.97 Å². The number of rotatable bonds is 30. The van der Waals surface area contributed by atoms with Crippen molar-refractivity contribution in [1.29, 1.82) is 0 Å². The first kappa shape index (κ1) is 63.6. The lowest BCUT2D eigenvalue weighted by atomic mass is 10.0. The van der Waals surface area contributed by atoms with Crippen LogP contribution in [0.5, 0.6) is 0 Å². The summed E-state index contributed by atoms with van der Waals surface area (Å²) in [7, 11) is 1.29. The molecule has 2 heterocycles. The second kappa shape index (κ2) is 31.0. The fourth-order valence-corrected chi connectivity index (χ4v) is 9.83. The number of carboxylic acids is 1. The molecule has 0 aliphatic rings. The SMILES string of the molecule is C[C@@H](O)[C@H](NC(=O)[C@H](CCCCN)NC(=O)[C@@H](Cc1c[nH]c2ccccc12)NC(=O)[C@H](Cc1cccnc1)NC(=O)[C@@H](CS)NC(=O)[C@@H](N)Cc1ccc(Cl)cc1)C(=O)N[C@@H](CS)C(=O)N(C)[C@@H](Cc1ccc2ccccc2c1)C(=O)O. The number of aliphatic hydroxyl groups is 1. The van der Waals surface area contributed by atoms with Crippen molar-refractivity contribution in [1.82, 2.24) is 46.8 Å². The van der Waals surface area contributed by atoms with Crippen LogP contribution in [0.1, 0.15) is 48.4 Å². The highest BCUT2D eigenvalue weighted by molar-refractivity contribution is 7.80. The van der Waals surface area contributed by atoms with Gasteiger partial charge in [-0.1, -0.05) is 90.5 Å². The van der Waals surface area contributed by atoms with E-state index in [-0.39, 0.29) is 50.2 Å². The summed E-state index contributed by atoms with van der Waals surface area (Å²) in [6.07, 6.45) is 3.66. The van der Waals surface area contributed by atoms with Gasteiger partial charge in [0.2, 0.25) is 41.4 Å². The smallest absolute Gasteiger partial charge is 0.326 e. The lowest BCUT2D eigenvalue weighted by molar-refractivity contribution is -0.150. The van der Waals surface area contributed by atoms with Gasteiger partial charge in [0.15, 0.2) is 0 Å². The van der Waals surface area contributed by atoms with E-state index in [2.05, 4.69) is 67.1 Å². The minimum absolute atomic E-state index is 0.0209. The van der Waals surface area contributed by atoms with Gasteiger partial charge in [0, 0.05) is 72.3 Å². The Morgan fingerprint density at radius 2 is 1.24 bits per heavy atom. The summed E-state index contributed by atoms with van der Waals surface area (Å²) >= 11 is 14.6. The third kappa shape index (κ3) is 18.0. The topological polar surface area (TPSA) is 333 Å². The third-order valence-electron chi connectivity index (χ3n) is 13.8. The Kier molecular flexibility index (Phi) is 24.1. The van der Waals surface area contributed by atoms with Crippen molar-refractivity contribution < 1.29 is 48.6 Å². The summed E-state index contributed by atoms with van der Waals surface area (Å²) in [6, 6.07) is 19.4. The molecule has 6 rings (SSSR count). The van der Waals surface area contributed by atoms with Crippen molar-refractivity contribution in [2.24, 2.45) is 11.5 Å². The van der Waals surface area contributed by atoms with Crippen molar-refractivity contribution >= 4 is 106 Å². The van der Waals surface area contributed by atoms with E-state index in [1.54, 1.807) is 54.7 Å². The Hall–Kier alpha value is -7.54. The number of carbonyl (C=O) groups excluding carboxylic acids is 7. The van der Waals surface area contributed by atoms with E-state index in [4.69, 9.17) is 23.1 Å². The van der Waals surface area contributed by atoms with Gasteiger partial charge in [-0.25, -0.2) is 4.79 Å². The molecule has 436 valence electrons. The number of nitrogens with zero attached hydrogens (tertiary/aromatic N) is 2. The number of para-hydroxylation sites is 1. The Morgan fingerprint density at radius 3 is 1.89 bits per heavy atom. The zero-order valence-electron chi connectivity index (χ0n) is 45.3. The summed E-state index contributed by atoms with van der Waals surface area (Å²) in [5.41, 5.74) is 15.3. The number of aliphatic hydroxyl groups excluding tert-OH is 1. The summed E-state index contributed by atoms with van der Waals surface area (Å²) < 4.78 is 0. The van der Waals surface area contributed by atoms with Crippen LogP contribution in [0.3, 0.4) is 0 Å². The van der Waals surface area contributed by atoms with E-state index in [9.17, 15) is 48.6 Å². The molecule has 0 radical (unpaired) electrons. The number of pyridine rings is 1. The number of thiol groups is 2. The average Bonchev–Trinajstić information content (AvgIpc) is 3.93. The maximum Gasteiger partial charge on any atom is 0.326 e.